The van der Waals surface area contributed by atoms with Gasteiger partial charge in [0.2, 0.25) is 0 Å². The van der Waals surface area contributed by atoms with Crippen molar-refractivity contribution in [1.29, 1.82) is 0 Å². The van der Waals surface area contributed by atoms with Crippen molar-refractivity contribution in [2.45, 2.75) is 47.0 Å². The van der Waals surface area contributed by atoms with Gasteiger partial charge < -0.3 is 5.32 Å². The third kappa shape index (κ3) is 5.36. The second-order valence-electron chi connectivity index (χ2n) is 5.18. The third-order valence-corrected chi connectivity index (χ3v) is 3.24. The van der Waals surface area contributed by atoms with E-state index in [9.17, 15) is 0 Å². The topological polar surface area (TPSA) is 12.0 Å². The first-order chi connectivity index (χ1) is 8.15. The minimum atomic E-state index is 0.766. The summed E-state index contributed by atoms with van der Waals surface area (Å²) in [5, 5.41) is 3.54. The van der Waals surface area contributed by atoms with Gasteiger partial charge in [-0.2, -0.15) is 0 Å². The van der Waals surface area contributed by atoms with E-state index >= 15 is 0 Å². The van der Waals surface area contributed by atoms with Gasteiger partial charge in [-0.1, -0.05) is 49.6 Å². The summed E-state index contributed by atoms with van der Waals surface area (Å²) in [5.74, 6) is 0.766. The van der Waals surface area contributed by atoms with Gasteiger partial charge in [-0.3, -0.25) is 0 Å². The maximum Gasteiger partial charge on any atom is -0.00174 e. The number of rotatable bonds is 7. The van der Waals surface area contributed by atoms with Gasteiger partial charge in [0.1, 0.15) is 0 Å². The van der Waals surface area contributed by atoms with Crippen LogP contribution in [0.3, 0.4) is 0 Å². The molecule has 96 valence electrons. The molecule has 1 unspecified atom stereocenters. The van der Waals surface area contributed by atoms with Crippen LogP contribution in [-0.2, 0) is 6.42 Å². The summed E-state index contributed by atoms with van der Waals surface area (Å²) in [6.07, 6.45) is 3.68. The molecule has 0 aromatic heterocycles. The fraction of sp³-hybridized carbons (Fsp3) is 0.625. The first-order valence-corrected chi connectivity index (χ1v) is 6.93. The van der Waals surface area contributed by atoms with E-state index in [0.29, 0.717) is 0 Å². The number of nitrogens with one attached hydrogen (secondary N) is 1. The van der Waals surface area contributed by atoms with Crippen molar-refractivity contribution in [2.75, 3.05) is 13.1 Å². The lowest BCUT2D eigenvalue weighted by Gasteiger charge is -2.16. The molecule has 17 heavy (non-hydrogen) atoms. The van der Waals surface area contributed by atoms with Crippen LogP contribution >= 0.6 is 0 Å². The van der Waals surface area contributed by atoms with Gasteiger partial charge in [-0.25, -0.2) is 0 Å². The van der Waals surface area contributed by atoms with Crippen LogP contribution in [0.5, 0.6) is 0 Å². The van der Waals surface area contributed by atoms with Gasteiger partial charge in [0, 0.05) is 0 Å². The number of benzene rings is 1. The Morgan fingerprint density at radius 1 is 1.06 bits per heavy atom. The molecule has 0 spiro atoms. The normalized spacial score (nSPS) is 12.7. The van der Waals surface area contributed by atoms with Gasteiger partial charge in [-0.15, -0.1) is 0 Å². The van der Waals surface area contributed by atoms with Crippen LogP contribution in [0, 0.1) is 19.8 Å². The highest BCUT2D eigenvalue weighted by Crippen LogP contribution is 2.15. The zero-order valence-electron chi connectivity index (χ0n) is 11.8. The molecule has 1 nitrogen and oxygen atoms in total. The molecule has 0 bridgehead atoms. The van der Waals surface area contributed by atoms with Crippen molar-refractivity contribution >= 4 is 0 Å². The number of hydrogen-bond donors (Lipinski definition) is 1. The fourth-order valence-electron chi connectivity index (χ4n) is 2.36. The SMILES string of the molecule is CCCNCC(CC)Cc1cc(C)cc(C)c1. The number of hydrogen-bond acceptors (Lipinski definition) is 1. The van der Waals surface area contributed by atoms with Crippen LogP contribution in [0.4, 0.5) is 0 Å². The Balaban J connectivity index is 2.54. The van der Waals surface area contributed by atoms with Gasteiger partial charge >= 0.3 is 0 Å². The van der Waals surface area contributed by atoms with Crippen molar-refractivity contribution in [2.24, 2.45) is 5.92 Å². The predicted molar refractivity (Wildman–Crippen MR) is 76.6 cm³/mol. The molecule has 0 aliphatic rings. The minimum absolute atomic E-state index is 0.766. The van der Waals surface area contributed by atoms with Crippen LogP contribution in [0.2, 0.25) is 0 Å². The van der Waals surface area contributed by atoms with E-state index in [1.165, 1.54) is 36.0 Å². The van der Waals surface area contributed by atoms with E-state index in [1.54, 1.807) is 0 Å². The first kappa shape index (κ1) is 14.2. The molecule has 1 rings (SSSR count). The summed E-state index contributed by atoms with van der Waals surface area (Å²) in [7, 11) is 0. The van der Waals surface area contributed by atoms with Crippen LogP contribution in [0.25, 0.3) is 0 Å². The molecule has 1 atom stereocenters. The van der Waals surface area contributed by atoms with Crippen LogP contribution in [-0.4, -0.2) is 13.1 Å². The molecule has 0 radical (unpaired) electrons. The highest BCUT2D eigenvalue weighted by atomic mass is 14.8. The highest BCUT2D eigenvalue weighted by Gasteiger charge is 2.07. The molecule has 0 heterocycles. The van der Waals surface area contributed by atoms with Crippen LogP contribution in [0.1, 0.15) is 43.4 Å². The summed E-state index contributed by atoms with van der Waals surface area (Å²) in [6.45, 7) is 11.2. The Bertz CT molecular complexity index is 310. The zero-order chi connectivity index (χ0) is 12.7. The van der Waals surface area contributed by atoms with Gasteiger partial charge in [0.05, 0.1) is 0 Å². The standard InChI is InChI=1S/C16H27N/c1-5-7-17-12-15(6-2)11-16-9-13(3)8-14(4)10-16/h8-10,15,17H,5-7,11-12H2,1-4H3. The van der Waals surface area contributed by atoms with Gasteiger partial charge in [-0.05, 0) is 51.3 Å². The van der Waals surface area contributed by atoms with Crippen molar-refractivity contribution in [3.63, 3.8) is 0 Å². The summed E-state index contributed by atoms with van der Waals surface area (Å²) < 4.78 is 0. The monoisotopic (exact) mass is 233 g/mol. The second kappa shape index (κ2) is 7.50. The highest BCUT2D eigenvalue weighted by molar-refractivity contribution is 5.28. The van der Waals surface area contributed by atoms with E-state index in [1.807, 2.05) is 0 Å². The van der Waals surface area contributed by atoms with E-state index < -0.39 is 0 Å². The molecule has 1 N–H and O–H groups in total. The smallest absolute Gasteiger partial charge is 0.00174 e. The molecule has 0 aliphatic heterocycles. The second-order valence-corrected chi connectivity index (χ2v) is 5.18. The molecule has 1 heteroatoms. The van der Waals surface area contributed by atoms with Gasteiger partial charge in [0.15, 0.2) is 0 Å². The molecular weight excluding hydrogens is 206 g/mol. The molecule has 0 amide bonds. The maximum absolute atomic E-state index is 3.54. The summed E-state index contributed by atoms with van der Waals surface area (Å²) >= 11 is 0. The third-order valence-electron chi connectivity index (χ3n) is 3.24. The summed E-state index contributed by atoms with van der Waals surface area (Å²) in [4.78, 5) is 0. The van der Waals surface area contributed by atoms with E-state index in [2.05, 4.69) is 51.2 Å². The lowest BCUT2D eigenvalue weighted by molar-refractivity contribution is 0.460. The Morgan fingerprint density at radius 3 is 2.24 bits per heavy atom. The summed E-state index contributed by atoms with van der Waals surface area (Å²) in [6, 6.07) is 6.91. The Hall–Kier alpha value is -0.820. The largest absolute Gasteiger partial charge is 0.316 e. The lowest BCUT2D eigenvalue weighted by Crippen LogP contribution is -2.24. The van der Waals surface area contributed by atoms with Gasteiger partial charge in [0.25, 0.3) is 0 Å². The fourth-order valence-corrected chi connectivity index (χ4v) is 2.36. The molecule has 0 saturated heterocycles. The zero-order valence-corrected chi connectivity index (χ0v) is 11.8. The van der Waals surface area contributed by atoms with Crippen molar-refractivity contribution < 1.29 is 0 Å². The van der Waals surface area contributed by atoms with Crippen molar-refractivity contribution in [3.8, 4) is 0 Å². The molecule has 1 aromatic carbocycles. The quantitative estimate of drug-likeness (QED) is 0.705. The van der Waals surface area contributed by atoms with Crippen molar-refractivity contribution in [1.82, 2.24) is 5.32 Å². The average molecular weight is 233 g/mol. The Labute approximate surface area is 107 Å². The molecular formula is C16H27N. The van der Waals surface area contributed by atoms with Crippen LogP contribution in [0.15, 0.2) is 18.2 Å². The first-order valence-electron chi connectivity index (χ1n) is 6.93. The Morgan fingerprint density at radius 2 is 1.71 bits per heavy atom. The molecule has 1 aromatic rings. The number of aryl methyl sites for hydroxylation is 2. The van der Waals surface area contributed by atoms with E-state index in [4.69, 9.17) is 0 Å². The molecule has 0 fully saturated rings. The molecule has 0 aliphatic carbocycles. The van der Waals surface area contributed by atoms with E-state index in [-0.39, 0.29) is 0 Å². The lowest BCUT2D eigenvalue weighted by atomic mass is 9.94. The average Bonchev–Trinajstić information content (AvgIpc) is 2.26. The summed E-state index contributed by atoms with van der Waals surface area (Å²) in [5.41, 5.74) is 4.26. The maximum atomic E-state index is 3.54. The minimum Gasteiger partial charge on any atom is -0.316 e. The molecule has 0 saturated carbocycles. The van der Waals surface area contributed by atoms with E-state index in [0.717, 1.165) is 19.0 Å². The predicted octanol–water partition coefficient (Wildman–Crippen LogP) is 3.87. The Kier molecular flexibility index (Phi) is 6.28. The van der Waals surface area contributed by atoms with Crippen LogP contribution < -0.4 is 5.32 Å². The van der Waals surface area contributed by atoms with Crippen molar-refractivity contribution in [3.05, 3.63) is 34.9 Å².